The molecular formula is C5H9N3O2S2. The quantitative estimate of drug-likeness (QED) is 0.788. The third-order valence-electron chi connectivity index (χ3n) is 1.09. The molecule has 0 saturated heterocycles. The molecule has 68 valence electrons. The Hall–Kier alpha value is -0.690. The number of anilines is 1. The van der Waals surface area contributed by atoms with Crippen LogP contribution in [0.5, 0.6) is 0 Å². The minimum absolute atomic E-state index is 0.130. The fourth-order valence-corrected chi connectivity index (χ4v) is 2.49. The maximum absolute atomic E-state index is 11.1. The monoisotopic (exact) mass is 207 g/mol. The van der Waals surface area contributed by atoms with Gasteiger partial charge in [-0.15, -0.1) is 5.10 Å². The fourth-order valence-electron chi connectivity index (χ4n) is 0.685. The molecule has 0 fully saturated rings. The first-order chi connectivity index (χ1) is 5.64. The summed E-state index contributed by atoms with van der Waals surface area (Å²) in [5.74, 6) is 0.130. The maximum Gasteiger partial charge on any atom is 0.233 e. The van der Waals surface area contributed by atoms with Crippen LogP contribution in [-0.2, 0) is 10.0 Å². The highest BCUT2D eigenvalue weighted by Gasteiger charge is 2.09. The largest absolute Gasteiger partial charge is 0.272 e. The molecule has 7 heteroatoms. The molecule has 1 heterocycles. The van der Waals surface area contributed by atoms with Crippen molar-refractivity contribution in [3.63, 3.8) is 0 Å². The van der Waals surface area contributed by atoms with Crippen molar-refractivity contribution in [1.82, 2.24) is 9.59 Å². The molecule has 0 atom stereocenters. The van der Waals surface area contributed by atoms with E-state index in [0.29, 0.717) is 11.4 Å². The standard InChI is InChI=1S/C5H9N3O2S2/c1-2-3-12(9,10)7-5-4-6-8-11-5/h4,7H,2-3H2,1H3. The van der Waals surface area contributed by atoms with Gasteiger partial charge in [-0.25, -0.2) is 8.42 Å². The van der Waals surface area contributed by atoms with Crippen molar-refractivity contribution in [2.75, 3.05) is 10.5 Å². The number of hydrogen-bond donors (Lipinski definition) is 1. The Morgan fingerprint density at radius 1 is 1.67 bits per heavy atom. The third kappa shape index (κ3) is 2.74. The molecule has 1 aromatic heterocycles. The molecule has 0 aliphatic carbocycles. The van der Waals surface area contributed by atoms with Crippen molar-refractivity contribution in [3.05, 3.63) is 6.20 Å². The second-order valence-corrected chi connectivity index (χ2v) is 4.83. The zero-order valence-corrected chi connectivity index (χ0v) is 8.15. The van der Waals surface area contributed by atoms with Crippen LogP contribution in [0.1, 0.15) is 13.3 Å². The highest BCUT2D eigenvalue weighted by Crippen LogP contribution is 2.11. The van der Waals surface area contributed by atoms with Crippen molar-refractivity contribution in [2.45, 2.75) is 13.3 Å². The Balaban J connectivity index is 2.63. The maximum atomic E-state index is 11.1. The molecule has 1 aromatic rings. The average Bonchev–Trinajstić information content (AvgIpc) is 2.38. The van der Waals surface area contributed by atoms with Crippen LogP contribution in [0.15, 0.2) is 6.20 Å². The lowest BCUT2D eigenvalue weighted by Crippen LogP contribution is -2.15. The van der Waals surface area contributed by atoms with Crippen LogP contribution < -0.4 is 4.72 Å². The van der Waals surface area contributed by atoms with Crippen LogP contribution in [0, 0.1) is 0 Å². The van der Waals surface area contributed by atoms with Crippen molar-refractivity contribution in [1.29, 1.82) is 0 Å². The molecule has 1 N–H and O–H groups in total. The highest BCUT2D eigenvalue weighted by atomic mass is 32.2. The molecule has 0 amide bonds. The van der Waals surface area contributed by atoms with E-state index in [1.807, 2.05) is 6.92 Å². The molecule has 0 aliphatic heterocycles. The molecule has 0 spiro atoms. The van der Waals surface area contributed by atoms with Gasteiger partial charge < -0.3 is 0 Å². The Morgan fingerprint density at radius 2 is 2.42 bits per heavy atom. The Morgan fingerprint density at radius 3 is 2.92 bits per heavy atom. The third-order valence-corrected chi connectivity index (χ3v) is 3.28. The van der Waals surface area contributed by atoms with Crippen molar-refractivity contribution >= 4 is 26.6 Å². The van der Waals surface area contributed by atoms with Gasteiger partial charge in [-0.05, 0) is 6.42 Å². The lowest BCUT2D eigenvalue weighted by atomic mass is 10.6. The summed E-state index contributed by atoms with van der Waals surface area (Å²) in [5, 5.41) is 3.97. The molecule has 0 bridgehead atoms. The second kappa shape index (κ2) is 3.81. The highest BCUT2D eigenvalue weighted by molar-refractivity contribution is 7.92. The van der Waals surface area contributed by atoms with Crippen molar-refractivity contribution < 1.29 is 8.42 Å². The first-order valence-electron chi connectivity index (χ1n) is 3.42. The van der Waals surface area contributed by atoms with E-state index >= 15 is 0 Å². The van der Waals surface area contributed by atoms with Crippen LogP contribution in [-0.4, -0.2) is 23.8 Å². The van der Waals surface area contributed by atoms with Gasteiger partial charge in [-0.2, -0.15) is 0 Å². The molecule has 0 saturated carbocycles. The van der Waals surface area contributed by atoms with Crippen molar-refractivity contribution in [2.24, 2.45) is 0 Å². The number of hydrogen-bond acceptors (Lipinski definition) is 5. The molecule has 0 aliphatic rings. The smallest absolute Gasteiger partial charge is 0.233 e. The van der Waals surface area contributed by atoms with Gasteiger partial charge in [0.2, 0.25) is 10.0 Å². The zero-order chi connectivity index (χ0) is 9.03. The average molecular weight is 207 g/mol. The molecule has 5 nitrogen and oxygen atoms in total. The summed E-state index contributed by atoms with van der Waals surface area (Å²) in [5.41, 5.74) is 0. The Labute approximate surface area is 75.0 Å². The minimum atomic E-state index is -3.17. The summed E-state index contributed by atoms with van der Waals surface area (Å²) < 4.78 is 28.2. The molecule has 0 radical (unpaired) electrons. The van der Waals surface area contributed by atoms with E-state index in [1.54, 1.807) is 0 Å². The zero-order valence-electron chi connectivity index (χ0n) is 6.52. The number of nitrogens with one attached hydrogen (secondary N) is 1. The minimum Gasteiger partial charge on any atom is -0.272 e. The van der Waals surface area contributed by atoms with Gasteiger partial charge in [0.25, 0.3) is 0 Å². The first kappa shape index (κ1) is 9.40. The van der Waals surface area contributed by atoms with E-state index < -0.39 is 10.0 Å². The number of rotatable bonds is 4. The van der Waals surface area contributed by atoms with Gasteiger partial charge in [0.05, 0.1) is 11.9 Å². The van der Waals surface area contributed by atoms with Crippen LogP contribution in [0.4, 0.5) is 5.00 Å². The van der Waals surface area contributed by atoms with Gasteiger partial charge in [0, 0.05) is 11.5 Å². The summed E-state index contributed by atoms with van der Waals surface area (Å²) in [4.78, 5) is 0. The summed E-state index contributed by atoms with van der Waals surface area (Å²) in [6.07, 6.45) is 1.99. The molecule has 0 aromatic carbocycles. The van der Waals surface area contributed by atoms with E-state index in [2.05, 4.69) is 14.3 Å². The molecule has 12 heavy (non-hydrogen) atoms. The van der Waals surface area contributed by atoms with E-state index in [1.165, 1.54) is 6.20 Å². The topological polar surface area (TPSA) is 72.0 Å². The summed E-state index contributed by atoms with van der Waals surface area (Å²) in [7, 11) is -3.17. The van der Waals surface area contributed by atoms with E-state index in [0.717, 1.165) is 11.5 Å². The lowest BCUT2D eigenvalue weighted by Gasteiger charge is -2.01. The first-order valence-corrected chi connectivity index (χ1v) is 5.84. The predicted octanol–water partition coefficient (Wildman–Crippen LogP) is 0.690. The summed E-state index contributed by atoms with van der Waals surface area (Å²) >= 11 is 1.02. The van der Waals surface area contributed by atoms with Gasteiger partial charge in [0.1, 0.15) is 5.00 Å². The van der Waals surface area contributed by atoms with Crippen LogP contribution >= 0.6 is 11.5 Å². The summed E-state index contributed by atoms with van der Waals surface area (Å²) in [6, 6.07) is 0. The van der Waals surface area contributed by atoms with Crippen LogP contribution in [0.2, 0.25) is 0 Å². The van der Waals surface area contributed by atoms with Crippen molar-refractivity contribution in [3.8, 4) is 0 Å². The second-order valence-electron chi connectivity index (χ2n) is 2.20. The normalized spacial score (nSPS) is 11.4. The van der Waals surface area contributed by atoms with E-state index in [9.17, 15) is 8.42 Å². The van der Waals surface area contributed by atoms with Gasteiger partial charge in [0.15, 0.2) is 0 Å². The molecular weight excluding hydrogens is 198 g/mol. The van der Waals surface area contributed by atoms with E-state index in [-0.39, 0.29) is 5.75 Å². The SMILES string of the molecule is CCCS(=O)(=O)Nc1cnns1. The number of nitrogens with zero attached hydrogens (tertiary/aromatic N) is 2. The Kier molecular flexibility index (Phi) is 2.99. The fraction of sp³-hybridized carbons (Fsp3) is 0.600. The summed E-state index contributed by atoms with van der Waals surface area (Å²) in [6.45, 7) is 1.81. The molecule has 1 rings (SSSR count). The van der Waals surface area contributed by atoms with Gasteiger partial charge in [-0.1, -0.05) is 11.4 Å². The van der Waals surface area contributed by atoms with Gasteiger partial charge in [-0.3, -0.25) is 4.72 Å². The van der Waals surface area contributed by atoms with Gasteiger partial charge >= 0.3 is 0 Å². The Bertz CT molecular complexity index is 318. The number of sulfonamides is 1. The lowest BCUT2D eigenvalue weighted by molar-refractivity contribution is 0.600. The van der Waals surface area contributed by atoms with E-state index in [4.69, 9.17) is 0 Å². The van der Waals surface area contributed by atoms with Crippen LogP contribution in [0.25, 0.3) is 0 Å². The predicted molar refractivity (Wildman–Crippen MR) is 47.6 cm³/mol. The molecule has 0 unspecified atom stereocenters. The van der Waals surface area contributed by atoms with Crippen LogP contribution in [0.3, 0.4) is 0 Å². The number of aromatic nitrogens is 2.